The number of terminal acetylenes is 1. The molecule has 5 heteroatoms. The molecule has 4 nitrogen and oxygen atoms in total. The number of thiophene rings is 1. The molecule has 1 N–H and O–H groups in total. The van der Waals surface area contributed by atoms with Gasteiger partial charge in [0.1, 0.15) is 12.4 Å². The highest BCUT2D eigenvalue weighted by atomic mass is 32.1. The van der Waals surface area contributed by atoms with Gasteiger partial charge in [-0.3, -0.25) is 4.90 Å². The van der Waals surface area contributed by atoms with Crippen molar-refractivity contribution in [3.05, 3.63) is 46.5 Å². The molecule has 2 heterocycles. The standard InChI is InChI=1S/C16H19NO3S/c1-2-6-19-12-15(18)10-17(9-14-5-8-21-13-14)11-16-4-3-7-20-16/h1,3-5,7-8,13,15,18H,6,9-12H2/t15-/m0/s1. The summed E-state index contributed by atoms with van der Waals surface area (Å²) in [5.74, 6) is 3.27. The zero-order valence-electron chi connectivity index (χ0n) is 11.8. The minimum atomic E-state index is -0.577. The van der Waals surface area contributed by atoms with E-state index < -0.39 is 6.10 Å². The van der Waals surface area contributed by atoms with E-state index in [2.05, 4.69) is 22.3 Å². The number of hydrogen-bond acceptors (Lipinski definition) is 5. The van der Waals surface area contributed by atoms with Gasteiger partial charge in [-0.2, -0.15) is 11.3 Å². The lowest BCUT2D eigenvalue weighted by atomic mass is 10.2. The van der Waals surface area contributed by atoms with Crippen LogP contribution in [0.1, 0.15) is 11.3 Å². The van der Waals surface area contributed by atoms with Crippen LogP contribution < -0.4 is 0 Å². The third kappa shape index (κ3) is 5.74. The molecular weight excluding hydrogens is 286 g/mol. The van der Waals surface area contributed by atoms with E-state index in [1.807, 2.05) is 17.5 Å². The highest BCUT2D eigenvalue weighted by Crippen LogP contribution is 2.13. The van der Waals surface area contributed by atoms with Crippen LogP contribution in [-0.4, -0.2) is 35.9 Å². The molecule has 0 unspecified atom stereocenters. The van der Waals surface area contributed by atoms with Crippen LogP contribution in [0.15, 0.2) is 39.6 Å². The van der Waals surface area contributed by atoms with Crippen molar-refractivity contribution >= 4 is 11.3 Å². The quantitative estimate of drug-likeness (QED) is 0.570. The Morgan fingerprint density at radius 3 is 3.00 bits per heavy atom. The van der Waals surface area contributed by atoms with E-state index in [0.29, 0.717) is 13.1 Å². The molecule has 21 heavy (non-hydrogen) atoms. The molecule has 0 aliphatic heterocycles. The summed E-state index contributed by atoms with van der Waals surface area (Å²) in [5.41, 5.74) is 1.23. The summed E-state index contributed by atoms with van der Waals surface area (Å²) in [6, 6.07) is 5.88. The summed E-state index contributed by atoms with van der Waals surface area (Å²) >= 11 is 1.67. The zero-order valence-corrected chi connectivity index (χ0v) is 12.6. The minimum Gasteiger partial charge on any atom is -0.468 e. The molecule has 112 valence electrons. The third-order valence-corrected chi connectivity index (χ3v) is 3.64. The van der Waals surface area contributed by atoms with E-state index in [1.54, 1.807) is 17.6 Å². The van der Waals surface area contributed by atoms with Crippen molar-refractivity contribution in [3.63, 3.8) is 0 Å². The van der Waals surface area contributed by atoms with Gasteiger partial charge in [-0.05, 0) is 34.5 Å². The van der Waals surface area contributed by atoms with Gasteiger partial charge in [-0.25, -0.2) is 0 Å². The SMILES string of the molecule is C#CCOC[C@@H](O)CN(Cc1ccsc1)Cc1ccco1. The highest BCUT2D eigenvalue weighted by molar-refractivity contribution is 7.07. The number of furan rings is 1. The molecular formula is C16H19NO3S. The molecule has 0 amide bonds. The van der Waals surface area contributed by atoms with E-state index >= 15 is 0 Å². The number of ether oxygens (including phenoxy) is 1. The third-order valence-electron chi connectivity index (χ3n) is 2.91. The number of hydrogen-bond donors (Lipinski definition) is 1. The van der Waals surface area contributed by atoms with Crippen LogP contribution in [0.3, 0.4) is 0 Å². The lowest BCUT2D eigenvalue weighted by Gasteiger charge is -2.23. The second-order valence-electron chi connectivity index (χ2n) is 4.75. The molecule has 0 aliphatic carbocycles. The van der Waals surface area contributed by atoms with Gasteiger partial charge >= 0.3 is 0 Å². The molecule has 0 saturated heterocycles. The number of aliphatic hydroxyl groups is 1. The molecule has 0 aliphatic rings. The Labute approximate surface area is 129 Å². The summed E-state index contributed by atoms with van der Waals surface area (Å²) in [5, 5.41) is 14.2. The van der Waals surface area contributed by atoms with Crippen molar-refractivity contribution in [2.75, 3.05) is 19.8 Å². The summed E-state index contributed by atoms with van der Waals surface area (Å²) in [6.45, 7) is 2.37. The first kappa shape index (κ1) is 15.8. The van der Waals surface area contributed by atoms with Gasteiger partial charge in [0.2, 0.25) is 0 Å². The fourth-order valence-electron chi connectivity index (χ4n) is 2.05. The molecule has 2 aromatic heterocycles. The second-order valence-corrected chi connectivity index (χ2v) is 5.53. The van der Waals surface area contributed by atoms with Crippen LogP contribution in [0, 0.1) is 12.3 Å². The van der Waals surface area contributed by atoms with Crippen molar-refractivity contribution in [2.45, 2.75) is 19.2 Å². The van der Waals surface area contributed by atoms with Gasteiger partial charge in [-0.15, -0.1) is 6.42 Å². The Hall–Kier alpha value is -1.58. The molecule has 0 saturated carbocycles. The van der Waals surface area contributed by atoms with Crippen molar-refractivity contribution in [1.82, 2.24) is 4.90 Å². The van der Waals surface area contributed by atoms with E-state index in [9.17, 15) is 5.11 Å². The molecule has 0 bridgehead atoms. The molecule has 0 spiro atoms. The van der Waals surface area contributed by atoms with Crippen molar-refractivity contribution in [1.29, 1.82) is 0 Å². The molecule has 2 rings (SSSR count). The van der Waals surface area contributed by atoms with Crippen molar-refractivity contribution in [3.8, 4) is 12.3 Å². The smallest absolute Gasteiger partial charge is 0.117 e. The van der Waals surface area contributed by atoms with Crippen LogP contribution >= 0.6 is 11.3 Å². The van der Waals surface area contributed by atoms with Crippen LogP contribution in [0.4, 0.5) is 0 Å². The number of rotatable bonds is 9. The fourth-order valence-corrected chi connectivity index (χ4v) is 2.71. The summed E-state index contributed by atoms with van der Waals surface area (Å²) in [6.07, 6.45) is 6.20. The fraction of sp³-hybridized carbons (Fsp3) is 0.375. The summed E-state index contributed by atoms with van der Waals surface area (Å²) < 4.78 is 10.6. The molecule has 0 fully saturated rings. The molecule has 1 atom stereocenters. The maximum absolute atomic E-state index is 10.0. The van der Waals surface area contributed by atoms with Gasteiger partial charge < -0.3 is 14.3 Å². The predicted octanol–water partition coefficient (Wildman–Crippen LogP) is 2.35. The van der Waals surface area contributed by atoms with Crippen molar-refractivity contribution < 1.29 is 14.3 Å². The maximum atomic E-state index is 10.0. The second kappa shape index (κ2) is 8.65. The summed E-state index contributed by atoms with van der Waals surface area (Å²) in [4.78, 5) is 2.13. The maximum Gasteiger partial charge on any atom is 0.117 e. The molecule has 2 aromatic rings. The van der Waals surface area contributed by atoms with Crippen LogP contribution in [-0.2, 0) is 17.8 Å². The number of nitrogens with zero attached hydrogens (tertiary/aromatic N) is 1. The normalized spacial score (nSPS) is 12.4. The van der Waals surface area contributed by atoms with E-state index in [-0.39, 0.29) is 13.2 Å². The lowest BCUT2D eigenvalue weighted by molar-refractivity contribution is 0.0230. The zero-order chi connectivity index (χ0) is 14.9. The van der Waals surface area contributed by atoms with E-state index in [4.69, 9.17) is 15.6 Å². The number of aliphatic hydroxyl groups excluding tert-OH is 1. The Morgan fingerprint density at radius 2 is 2.33 bits per heavy atom. The average molecular weight is 305 g/mol. The van der Waals surface area contributed by atoms with Gasteiger partial charge in [-0.1, -0.05) is 5.92 Å². The van der Waals surface area contributed by atoms with Crippen molar-refractivity contribution in [2.24, 2.45) is 0 Å². The van der Waals surface area contributed by atoms with E-state index in [0.717, 1.165) is 12.3 Å². The predicted molar refractivity (Wildman–Crippen MR) is 82.8 cm³/mol. The lowest BCUT2D eigenvalue weighted by Crippen LogP contribution is -2.34. The summed E-state index contributed by atoms with van der Waals surface area (Å²) in [7, 11) is 0. The highest BCUT2D eigenvalue weighted by Gasteiger charge is 2.14. The van der Waals surface area contributed by atoms with Gasteiger partial charge in [0.15, 0.2) is 0 Å². The first-order valence-electron chi connectivity index (χ1n) is 6.73. The topological polar surface area (TPSA) is 45.8 Å². The first-order chi connectivity index (χ1) is 10.3. The van der Waals surface area contributed by atoms with Crippen LogP contribution in [0.5, 0.6) is 0 Å². The first-order valence-corrected chi connectivity index (χ1v) is 7.67. The Bertz CT molecular complexity index is 494. The average Bonchev–Trinajstić information content (AvgIpc) is 3.12. The minimum absolute atomic E-state index is 0.222. The van der Waals surface area contributed by atoms with Gasteiger partial charge in [0, 0.05) is 13.1 Å². The van der Waals surface area contributed by atoms with Crippen LogP contribution in [0.2, 0.25) is 0 Å². The monoisotopic (exact) mass is 305 g/mol. The van der Waals surface area contributed by atoms with Crippen LogP contribution in [0.25, 0.3) is 0 Å². The van der Waals surface area contributed by atoms with E-state index in [1.165, 1.54) is 5.56 Å². The Morgan fingerprint density at radius 1 is 1.43 bits per heavy atom. The largest absolute Gasteiger partial charge is 0.468 e. The molecule has 0 aromatic carbocycles. The van der Waals surface area contributed by atoms with Gasteiger partial charge in [0.25, 0.3) is 0 Å². The van der Waals surface area contributed by atoms with Gasteiger partial charge in [0.05, 0.1) is 25.5 Å². The Kier molecular flexibility index (Phi) is 6.51. The molecule has 0 radical (unpaired) electrons. The Balaban J connectivity index is 1.89.